The van der Waals surface area contributed by atoms with Crippen LogP contribution in [0, 0.1) is 10.1 Å². The third kappa shape index (κ3) is 6.44. The summed E-state index contributed by atoms with van der Waals surface area (Å²) in [6.45, 7) is 0. The molecule has 1 atom stereocenters. The lowest BCUT2D eigenvalue weighted by Gasteiger charge is -2.13. The second kappa shape index (κ2) is 12.5. The lowest BCUT2D eigenvalue weighted by Crippen LogP contribution is -2.27. The highest BCUT2D eigenvalue weighted by Gasteiger charge is 2.27. The highest BCUT2D eigenvalue weighted by atomic mass is 16.6. The van der Waals surface area contributed by atoms with Gasteiger partial charge in [-0.25, -0.2) is 0 Å². The number of benzene rings is 5. The first kappa shape index (κ1) is 28.2. The molecule has 0 radical (unpaired) electrons. The number of nitro groups is 1. The van der Waals surface area contributed by atoms with Crippen LogP contribution >= 0.6 is 0 Å². The van der Waals surface area contributed by atoms with Crippen LogP contribution in [-0.4, -0.2) is 28.5 Å². The molecule has 1 aliphatic heterocycles. The van der Waals surface area contributed by atoms with Crippen LogP contribution in [-0.2, 0) is 22.4 Å². The van der Waals surface area contributed by atoms with Crippen LogP contribution in [0.15, 0.2) is 132 Å². The number of fused-ring (bicyclic) bond motifs is 1. The van der Waals surface area contributed by atoms with Crippen molar-refractivity contribution in [3.8, 4) is 11.1 Å². The Hall–Kier alpha value is -5.89. The molecule has 44 heavy (non-hydrogen) atoms. The number of nitrogens with zero attached hydrogens (tertiary/aromatic N) is 2. The molecule has 0 fully saturated rings. The third-order valence-corrected chi connectivity index (χ3v) is 7.43. The van der Waals surface area contributed by atoms with E-state index in [1.54, 1.807) is 18.2 Å². The number of non-ortho nitro benzene ring substituents is 1. The number of carbonyl (C=O) groups is 2. The van der Waals surface area contributed by atoms with Crippen molar-refractivity contribution in [1.29, 1.82) is 0 Å². The molecule has 5 aromatic rings. The highest BCUT2D eigenvalue weighted by Crippen LogP contribution is 2.30. The van der Waals surface area contributed by atoms with E-state index < -0.39 is 11.0 Å². The molecule has 216 valence electrons. The summed E-state index contributed by atoms with van der Waals surface area (Å²) in [4.78, 5) is 42.1. The molecular formula is C36H28N4O4. The summed E-state index contributed by atoms with van der Waals surface area (Å²) in [5.74, 6) is -0.488. The van der Waals surface area contributed by atoms with Crippen LogP contribution in [0.4, 0.5) is 17.1 Å². The lowest BCUT2D eigenvalue weighted by molar-refractivity contribution is -0.384. The van der Waals surface area contributed by atoms with E-state index in [1.807, 2.05) is 97.1 Å². The van der Waals surface area contributed by atoms with E-state index in [0.717, 1.165) is 22.3 Å². The van der Waals surface area contributed by atoms with Gasteiger partial charge in [-0.3, -0.25) is 24.7 Å². The van der Waals surface area contributed by atoms with Crippen LogP contribution in [0.3, 0.4) is 0 Å². The average molecular weight is 581 g/mol. The zero-order chi connectivity index (χ0) is 30.5. The molecule has 0 bridgehead atoms. The maximum absolute atomic E-state index is 13.5. The fourth-order valence-corrected chi connectivity index (χ4v) is 5.25. The summed E-state index contributed by atoms with van der Waals surface area (Å²) in [5, 5.41) is 17.3. The quantitative estimate of drug-likeness (QED) is 0.154. The minimum absolute atomic E-state index is 0.131. The Morgan fingerprint density at radius 1 is 0.773 bits per heavy atom. The van der Waals surface area contributed by atoms with Crippen molar-refractivity contribution in [2.24, 2.45) is 4.99 Å². The van der Waals surface area contributed by atoms with Crippen molar-refractivity contribution in [1.82, 2.24) is 0 Å². The average Bonchev–Trinajstić information content (AvgIpc) is 3.17. The van der Waals surface area contributed by atoms with E-state index in [1.165, 1.54) is 12.1 Å². The van der Waals surface area contributed by atoms with Crippen molar-refractivity contribution in [2.75, 3.05) is 10.6 Å². The number of benzodiazepines with no additional fused rings is 1. The van der Waals surface area contributed by atoms with E-state index in [9.17, 15) is 19.7 Å². The number of carbonyl (C=O) groups excluding carboxylic acids is 2. The van der Waals surface area contributed by atoms with Gasteiger partial charge in [0, 0.05) is 35.4 Å². The van der Waals surface area contributed by atoms with Gasteiger partial charge in [0.1, 0.15) is 6.04 Å². The number of anilines is 2. The van der Waals surface area contributed by atoms with Gasteiger partial charge in [-0.2, -0.15) is 0 Å². The summed E-state index contributed by atoms with van der Waals surface area (Å²) >= 11 is 0. The smallest absolute Gasteiger partial charge is 0.271 e. The second-order valence-electron chi connectivity index (χ2n) is 10.5. The van der Waals surface area contributed by atoms with Crippen molar-refractivity contribution in [3.63, 3.8) is 0 Å². The molecule has 1 heterocycles. The molecule has 1 unspecified atom stereocenters. The molecule has 8 heteroatoms. The molecular weight excluding hydrogens is 552 g/mol. The summed E-state index contributed by atoms with van der Waals surface area (Å²) in [7, 11) is 0. The van der Waals surface area contributed by atoms with Gasteiger partial charge in [0.05, 0.1) is 22.7 Å². The molecule has 2 amide bonds. The minimum Gasteiger partial charge on any atom is -0.326 e. The second-order valence-corrected chi connectivity index (χ2v) is 10.5. The van der Waals surface area contributed by atoms with E-state index in [0.29, 0.717) is 34.6 Å². The van der Waals surface area contributed by atoms with Crippen LogP contribution in [0.1, 0.15) is 22.3 Å². The monoisotopic (exact) mass is 580 g/mol. The van der Waals surface area contributed by atoms with E-state index in [-0.39, 0.29) is 23.9 Å². The molecule has 8 nitrogen and oxygen atoms in total. The Bertz CT molecular complexity index is 1870. The Balaban J connectivity index is 1.31. The summed E-state index contributed by atoms with van der Waals surface area (Å²) in [6, 6.07) is 38.3. The summed E-state index contributed by atoms with van der Waals surface area (Å²) in [6.07, 6.45) is 0.585. The molecule has 0 saturated carbocycles. The van der Waals surface area contributed by atoms with E-state index in [4.69, 9.17) is 4.99 Å². The first-order valence-electron chi connectivity index (χ1n) is 14.2. The molecule has 0 aliphatic carbocycles. The number of nitro benzene ring substituents is 1. The molecule has 0 spiro atoms. The van der Waals surface area contributed by atoms with Crippen molar-refractivity contribution >= 4 is 34.6 Å². The zero-order valence-electron chi connectivity index (χ0n) is 23.6. The molecule has 1 aliphatic rings. The van der Waals surface area contributed by atoms with Crippen LogP contribution in [0.25, 0.3) is 11.1 Å². The maximum Gasteiger partial charge on any atom is 0.271 e. The van der Waals surface area contributed by atoms with Crippen molar-refractivity contribution < 1.29 is 14.5 Å². The molecule has 0 aromatic heterocycles. The summed E-state index contributed by atoms with van der Waals surface area (Å²) in [5.41, 5.74) is 6.57. The highest BCUT2D eigenvalue weighted by molar-refractivity contribution is 6.20. The topological polar surface area (TPSA) is 114 Å². The van der Waals surface area contributed by atoms with Gasteiger partial charge >= 0.3 is 0 Å². The van der Waals surface area contributed by atoms with Crippen molar-refractivity contribution in [2.45, 2.75) is 18.9 Å². The molecule has 5 aromatic carbocycles. The number of hydrogen-bond donors (Lipinski definition) is 2. The Kier molecular flexibility index (Phi) is 8.05. The largest absolute Gasteiger partial charge is 0.326 e. The Labute approximate surface area is 254 Å². The predicted molar refractivity (Wildman–Crippen MR) is 172 cm³/mol. The van der Waals surface area contributed by atoms with Crippen LogP contribution in [0.5, 0.6) is 0 Å². The predicted octanol–water partition coefficient (Wildman–Crippen LogP) is 6.84. The third-order valence-electron chi connectivity index (χ3n) is 7.43. The molecule has 6 rings (SSSR count). The summed E-state index contributed by atoms with van der Waals surface area (Å²) < 4.78 is 0. The maximum atomic E-state index is 13.5. The number of hydrogen-bond acceptors (Lipinski definition) is 5. The fourth-order valence-electron chi connectivity index (χ4n) is 5.25. The van der Waals surface area contributed by atoms with Gasteiger partial charge < -0.3 is 10.6 Å². The first-order chi connectivity index (χ1) is 21.4. The number of nitrogens with one attached hydrogen (secondary N) is 2. The lowest BCUT2D eigenvalue weighted by atomic mass is 9.98. The standard InChI is InChI=1S/C36H28N4O4/c41-34(22-24-8-3-1-4-9-24)37-29-16-14-27(15-17-29)35-31-19-18-30(40(43)44)23-32(31)39-36(42)33(38-35)21-25-10-7-13-28(20-25)26-11-5-2-6-12-26/h1-20,23,33H,21-22H2,(H,37,41)(H,39,42). The van der Waals surface area contributed by atoms with Gasteiger partial charge in [-0.15, -0.1) is 0 Å². The van der Waals surface area contributed by atoms with Crippen LogP contribution < -0.4 is 10.6 Å². The number of rotatable bonds is 8. The number of aliphatic imine (C=N–C) groups is 1. The normalized spacial score (nSPS) is 14.0. The van der Waals surface area contributed by atoms with Crippen molar-refractivity contribution in [3.05, 3.63) is 160 Å². The van der Waals surface area contributed by atoms with Gasteiger partial charge in [-0.05, 0) is 40.5 Å². The molecule has 2 N–H and O–H groups in total. The van der Waals surface area contributed by atoms with E-state index >= 15 is 0 Å². The molecule has 0 saturated heterocycles. The van der Waals surface area contributed by atoms with Crippen LogP contribution in [0.2, 0.25) is 0 Å². The Morgan fingerprint density at radius 3 is 2.18 bits per heavy atom. The number of amides is 2. The van der Waals surface area contributed by atoms with Gasteiger partial charge in [0.2, 0.25) is 11.8 Å². The SMILES string of the molecule is O=C(Cc1ccccc1)Nc1ccc(C2=NC(Cc3cccc(-c4ccccc4)c3)C(=O)Nc3cc([N+](=O)[O-])ccc32)cc1. The first-order valence-corrected chi connectivity index (χ1v) is 14.2. The zero-order valence-corrected chi connectivity index (χ0v) is 23.6. The van der Waals surface area contributed by atoms with Gasteiger partial charge in [0.15, 0.2) is 0 Å². The Morgan fingerprint density at radius 2 is 1.45 bits per heavy atom. The van der Waals surface area contributed by atoms with E-state index in [2.05, 4.69) is 10.6 Å². The fraction of sp³-hybridized carbons (Fsp3) is 0.0833. The van der Waals surface area contributed by atoms with Gasteiger partial charge in [-0.1, -0.05) is 97.1 Å². The van der Waals surface area contributed by atoms with Gasteiger partial charge in [0.25, 0.3) is 5.69 Å². The minimum atomic E-state index is -0.785.